The summed E-state index contributed by atoms with van der Waals surface area (Å²) in [5.41, 5.74) is 0. The highest BCUT2D eigenvalue weighted by Crippen LogP contribution is 2.13. The highest BCUT2D eigenvalue weighted by Gasteiger charge is 1.94. The fraction of sp³-hybridized carbons (Fsp3) is 0.950. The molecule has 0 bridgehead atoms. The van der Waals surface area contributed by atoms with E-state index in [2.05, 4.69) is 20.3 Å². The van der Waals surface area contributed by atoms with E-state index >= 15 is 0 Å². The largest absolute Gasteiger partial charge is 0.0654 e. The average Bonchev–Trinajstić information content (AvgIpc) is 2.47. The molecule has 0 spiro atoms. The van der Waals surface area contributed by atoms with Crippen LogP contribution in [0.1, 0.15) is 123 Å². The first-order chi connectivity index (χ1) is 9.91. The molecule has 20 heavy (non-hydrogen) atoms. The summed E-state index contributed by atoms with van der Waals surface area (Å²) < 4.78 is 0. The topological polar surface area (TPSA) is 0 Å². The molecular weight excluding hydrogens is 240 g/mol. The van der Waals surface area contributed by atoms with Crippen molar-refractivity contribution in [2.24, 2.45) is 0 Å². The SMILES string of the molecule is CCCCC[CH]CCCCCCCCCCCCCC. The predicted molar refractivity (Wildman–Crippen MR) is 94.1 cm³/mol. The summed E-state index contributed by atoms with van der Waals surface area (Å²) in [4.78, 5) is 0. The van der Waals surface area contributed by atoms with Gasteiger partial charge in [-0.3, -0.25) is 0 Å². The molecule has 0 aliphatic carbocycles. The van der Waals surface area contributed by atoms with Gasteiger partial charge in [0.2, 0.25) is 0 Å². The van der Waals surface area contributed by atoms with Gasteiger partial charge in [-0.2, -0.15) is 0 Å². The van der Waals surface area contributed by atoms with Crippen LogP contribution in [-0.2, 0) is 0 Å². The van der Waals surface area contributed by atoms with E-state index in [1.165, 1.54) is 109 Å². The second-order valence-electron chi connectivity index (χ2n) is 6.46. The lowest BCUT2D eigenvalue weighted by Gasteiger charge is -2.03. The van der Waals surface area contributed by atoms with E-state index in [1.807, 2.05) is 0 Å². The molecule has 0 aromatic carbocycles. The maximum Gasteiger partial charge on any atom is -0.0386 e. The highest BCUT2D eigenvalue weighted by molar-refractivity contribution is 4.64. The minimum atomic E-state index is 1.35. The van der Waals surface area contributed by atoms with Gasteiger partial charge in [0.25, 0.3) is 0 Å². The van der Waals surface area contributed by atoms with Gasteiger partial charge in [-0.25, -0.2) is 0 Å². The lowest BCUT2D eigenvalue weighted by Crippen LogP contribution is -1.84. The van der Waals surface area contributed by atoms with Crippen molar-refractivity contribution in [3.8, 4) is 0 Å². The molecule has 0 N–H and O–H groups in total. The molecule has 0 atom stereocenters. The van der Waals surface area contributed by atoms with E-state index < -0.39 is 0 Å². The quantitative estimate of drug-likeness (QED) is 0.238. The molecule has 0 heterocycles. The zero-order chi connectivity index (χ0) is 14.7. The molecule has 0 unspecified atom stereocenters. The van der Waals surface area contributed by atoms with E-state index in [4.69, 9.17) is 0 Å². The summed E-state index contributed by atoms with van der Waals surface area (Å²) in [6, 6.07) is 0. The van der Waals surface area contributed by atoms with Crippen LogP contribution in [0.15, 0.2) is 0 Å². The maximum absolute atomic E-state index is 2.52. The van der Waals surface area contributed by atoms with E-state index in [0.717, 1.165) is 0 Å². The molecule has 0 fully saturated rings. The Balaban J connectivity index is 2.89. The third-order valence-electron chi connectivity index (χ3n) is 4.27. The van der Waals surface area contributed by atoms with Crippen LogP contribution in [0, 0.1) is 6.42 Å². The number of unbranched alkanes of at least 4 members (excludes halogenated alkanes) is 17. The van der Waals surface area contributed by atoms with Gasteiger partial charge in [0.1, 0.15) is 0 Å². The van der Waals surface area contributed by atoms with Crippen molar-refractivity contribution >= 4 is 0 Å². The predicted octanol–water partition coefficient (Wildman–Crippen LogP) is 7.86. The van der Waals surface area contributed by atoms with Crippen LogP contribution in [0.2, 0.25) is 0 Å². The Labute approximate surface area is 130 Å². The van der Waals surface area contributed by atoms with Crippen molar-refractivity contribution in [3.63, 3.8) is 0 Å². The molecule has 0 aromatic rings. The van der Waals surface area contributed by atoms with Crippen LogP contribution in [0.25, 0.3) is 0 Å². The van der Waals surface area contributed by atoms with Crippen LogP contribution in [0.3, 0.4) is 0 Å². The molecule has 0 saturated heterocycles. The van der Waals surface area contributed by atoms with Gasteiger partial charge in [0.15, 0.2) is 0 Å². The van der Waals surface area contributed by atoms with E-state index in [1.54, 1.807) is 0 Å². The average molecular weight is 282 g/mol. The molecule has 0 heteroatoms. The van der Waals surface area contributed by atoms with Crippen molar-refractivity contribution in [2.75, 3.05) is 0 Å². The van der Waals surface area contributed by atoms with Crippen molar-refractivity contribution in [2.45, 2.75) is 123 Å². The van der Waals surface area contributed by atoms with Gasteiger partial charge >= 0.3 is 0 Å². The zero-order valence-electron chi connectivity index (χ0n) is 14.6. The number of hydrogen-bond donors (Lipinski definition) is 0. The van der Waals surface area contributed by atoms with Crippen LogP contribution < -0.4 is 0 Å². The van der Waals surface area contributed by atoms with Gasteiger partial charge in [0.05, 0.1) is 0 Å². The Hall–Kier alpha value is 0. The first-order valence-corrected chi connectivity index (χ1v) is 9.73. The standard InChI is InChI=1S/C20H41/c1-3-5-7-9-11-13-15-17-19-20-18-16-14-12-10-8-6-4-2/h11H,3-10,12-20H2,1-2H3. The normalized spacial score (nSPS) is 11.1. The van der Waals surface area contributed by atoms with Gasteiger partial charge in [-0.05, 0) is 6.42 Å². The van der Waals surface area contributed by atoms with Gasteiger partial charge in [-0.15, -0.1) is 0 Å². The van der Waals surface area contributed by atoms with E-state index in [9.17, 15) is 0 Å². The second-order valence-corrected chi connectivity index (χ2v) is 6.46. The van der Waals surface area contributed by atoms with Crippen LogP contribution in [0.4, 0.5) is 0 Å². The van der Waals surface area contributed by atoms with Crippen LogP contribution in [-0.4, -0.2) is 0 Å². The fourth-order valence-electron chi connectivity index (χ4n) is 2.81. The third kappa shape index (κ3) is 18.0. The molecule has 1 radical (unpaired) electrons. The molecular formula is C20H41. The minimum absolute atomic E-state index is 1.35. The summed E-state index contributed by atoms with van der Waals surface area (Å²) in [5, 5.41) is 0. The molecule has 0 rings (SSSR count). The van der Waals surface area contributed by atoms with Crippen molar-refractivity contribution in [1.29, 1.82) is 0 Å². The minimum Gasteiger partial charge on any atom is -0.0654 e. The van der Waals surface area contributed by atoms with Crippen molar-refractivity contribution < 1.29 is 0 Å². The van der Waals surface area contributed by atoms with Crippen LogP contribution in [0.5, 0.6) is 0 Å². The lowest BCUT2D eigenvalue weighted by molar-refractivity contribution is 0.542. The van der Waals surface area contributed by atoms with E-state index in [0.29, 0.717) is 0 Å². The van der Waals surface area contributed by atoms with Gasteiger partial charge in [0, 0.05) is 0 Å². The zero-order valence-corrected chi connectivity index (χ0v) is 14.6. The second kappa shape index (κ2) is 19.0. The molecule has 0 saturated carbocycles. The fourth-order valence-corrected chi connectivity index (χ4v) is 2.81. The lowest BCUT2D eigenvalue weighted by atomic mass is 10.0. The van der Waals surface area contributed by atoms with Crippen molar-refractivity contribution in [3.05, 3.63) is 6.42 Å². The summed E-state index contributed by atoms with van der Waals surface area (Å²) in [6.45, 7) is 4.58. The van der Waals surface area contributed by atoms with Gasteiger partial charge in [-0.1, -0.05) is 123 Å². The molecule has 121 valence electrons. The summed E-state index contributed by atoms with van der Waals surface area (Å²) >= 11 is 0. The Morgan fingerprint density at radius 3 is 1.15 bits per heavy atom. The van der Waals surface area contributed by atoms with Crippen molar-refractivity contribution in [1.82, 2.24) is 0 Å². The molecule has 0 aliphatic rings. The Kier molecular flexibility index (Phi) is 19.0. The Morgan fingerprint density at radius 1 is 0.400 bits per heavy atom. The molecule has 0 aromatic heterocycles. The van der Waals surface area contributed by atoms with E-state index in [-0.39, 0.29) is 0 Å². The first kappa shape index (κ1) is 20.0. The maximum atomic E-state index is 2.52. The number of rotatable bonds is 17. The summed E-state index contributed by atoms with van der Waals surface area (Å²) in [6.07, 6.45) is 26.9. The Morgan fingerprint density at radius 2 is 0.700 bits per heavy atom. The highest BCUT2D eigenvalue weighted by atomic mass is 14.0. The monoisotopic (exact) mass is 281 g/mol. The molecule has 0 aliphatic heterocycles. The van der Waals surface area contributed by atoms with Crippen LogP contribution >= 0.6 is 0 Å². The number of hydrogen-bond acceptors (Lipinski definition) is 0. The van der Waals surface area contributed by atoms with Gasteiger partial charge < -0.3 is 0 Å². The Bertz CT molecular complexity index is 132. The summed E-state index contributed by atoms with van der Waals surface area (Å²) in [5.74, 6) is 0. The summed E-state index contributed by atoms with van der Waals surface area (Å²) in [7, 11) is 0. The first-order valence-electron chi connectivity index (χ1n) is 9.73. The third-order valence-corrected chi connectivity index (χ3v) is 4.27. The smallest absolute Gasteiger partial charge is 0.0386 e. The molecule has 0 nitrogen and oxygen atoms in total. The molecule has 0 amide bonds.